The van der Waals surface area contributed by atoms with Gasteiger partial charge in [0.2, 0.25) is 0 Å². The van der Waals surface area contributed by atoms with Crippen LogP contribution >= 0.6 is 12.4 Å². The van der Waals surface area contributed by atoms with E-state index >= 15 is 0 Å². The van der Waals surface area contributed by atoms with E-state index in [1.54, 1.807) is 0 Å². The average molecular weight is 246 g/mol. The van der Waals surface area contributed by atoms with Crippen LogP contribution in [0.3, 0.4) is 0 Å². The van der Waals surface area contributed by atoms with Crippen LogP contribution in [0.1, 0.15) is 13.8 Å². The molecule has 0 aromatic heterocycles. The molecule has 1 rings (SSSR count). The predicted octanol–water partition coefficient (Wildman–Crippen LogP) is 2.48. The molecule has 0 amide bonds. The molecule has 0 aliphatic carbocycles. The number of halogens is 1. The molecule has 2 N–H and O–H groups in total. The van der Waals surface area contributed by atoms with Crippen molar-refractivity contribution >= 4 is 12.4 Å². The van der Waals surface area contributed by atoms with E-state index in [1.807, 2.05) is 24.3 Å². The van der Waals surface area contributed by atoms with Crippen LogP contribution in [-0.2, 0) is 0 Å². The number of hydrogen-bond acceptors (Lipinski definition) is 3. The summed E-state index contributed by atoms with van der Waals surface area (Å²) in [5.74, 6) is 2.25. The summed E-state index contributed by atoms with van der Waals surface area (Å²) in [5.41, 5.74) is 5.34. The van der Waals surface area contributed by atoms with Crippen LogP contribution in [0.25, 0.3) is 0 Å². The lowest BCUT2D eigenvalue weighted by Crippen LogP contribution is -2.10. The van der Waals surface area contributed by atoms with Gasteiger partial charge in [-0.3, -0.25) is 0 Å². The lowest BCUT2D eigenvalue weighted by atomic mass is 10.2. The molecule has 1 aromatic rings. The first-order chi connectivity index (χ1) is 7.22. The summed E-state index contributed by atoms with van der Waals surface area (Å²) in [5, 5.41) is 0. The van der Waals surface area contributed by atoms with E-state index in [9.17, 15) is 0 Å². The van der Waals surface area contributed by atoms with E-state index in [1.165, 1.54) is 0 Å². The van der Waals surface area contributed by atoms with E-state index in [0.29, 0.717) is 19.1 Å². The summed E-state index contributed by atoms with van der Waals surface area (Å²) in [6.45, 7) is 6.07. The van der Waals surface area contributed by atoms with Gasteiger partial charge in [0.25, 0.3) is 0 Å². The zero-order chi connectivity index (χ0) is 11.1. The highest BCUT2D eigenvalue weighted by Gasteiger charge is 1.97. The molecule has 0 saturated heterocycles. The lowest BCUT2D eigenvalue weighted by Gasteiger charge is -2.09. The molecule has 3 nitrogen and oxygen atoms in total. The molecule has 0 unspecified atom stereocenters. The van der Waals surface area contributed by atoms with Gasteiger partial charge in [-0.2, -0.15) is 0 Å². The van der Waals surface area contributed by atoms with E-state index in [0.717, 1.165) is 18.1 Å². The average Bonchev–Trinajstić information content (AvgIpc) is 2.25. The van der Waals surface area contributed by atoms with Crippen LogP contribution in [0.15, 0.2) is 24.3 Å². The van der Waals surface area contributed by atoms with Crippen LogP contribution in [-0.4, -0.2) is 19.8 Å². The zero-order valence-electron chi connectivity index (χ0n) is 9.81. The van der Waals surface area contributed by atoms with Crippen molar-refractivity contribution in [2.45, 2.75) is 13.8 Å². The van der Waals surface area contributed by atoms with Crippen LogP contribution in [0.5, 0.6) is 11.5 Å². The third-order valence-electron chi connectivity index (χ3n) is 1.79. The van der Waals surface area contributed by atoms with Crippen molar-refractivity contribution < 1.29 is 9.47 Å². The Bertz CT molecular complexity index is 275. The number of nitrogens with two attached hydrogens (primary N) is 1. The molecule has 0 aliphatic heterocycles. The smallest absolute Gasteiger partial charge is 0.119 e. The first-order valence-electron chi connectivity index (χ1n) is 5.28. The maximum absolute atomic E-state index is 5.55. The van der Waals surface area contributed by atoms with Crippen molar-refractivity contribution in [1.29, 1.82) is 0 Å². The van der Waals surface area contributed by atoms with Gasteiger partial charge in [0.1, 0.15) is 18.1 Å². The van der Waals surface area contributed by atoms with Crippen LogP contribution in [0.4, 0.5) is 0 Å². The minimum atomic E-state index is 0. The maximum Gasteiger partial charge on any atom is 0.119 e. The lowest BCUT2D eigenvalue weighted by molar-refractivity contribution is 0.270. The summed E-state index contributed by atoms with van der Waals surface area (Å²) in [6, 6.07) is 7.61. The van der Waals surface area contributed by atoms with Crippen molar-refractivity contribution in [2.24, 2.45) is 11.7 Å². The van der Waals surface area contributed by atoms with Gasteiger partial charge in [0, 0.05) is 6.54 Å². The van der Waals surface area contributed by atoms with E-state index in [2.05, 4.69) is 13.8 Å². The number of rotatable bonds is 6. The molecule has 0 fully saturated rings. The van der Waals surface area contributed by atoms with E-state index in [-0.39, 0.29) is 12.4 Å². The summed E-state index contributed by atoms with van der Waals surface area (Å²) >= 11 is 0. The highest BCUT2D eigenvalue weighted by atomic mass is 35.5. The molecule has 1 aromatic carbocycles. The van der Waals surface area contributed by atoms with Gasteiger partial charge < -0.3 is 15.2 Å². The van der Waals surface area contributed by atoms with Gasteiger partial charge in [0.05, 0.1) is 6.61 Å². The molecule has 92 valence electrons. The zero-order valence-corrected chi connectivity index (χ0v) is 10.6. The molecular formula is C12H20ClNO2. The van der Waals surface area contributed by atoms with Crippen molar-refractivity contribution in [1.82, 2.24) is 0 Å². The minimum Gasteiger partial charge on any atom is -0.493 e. The quantitative estimate of drug-likeness (QED) is 0.838. The second-order valence-corrected chi connectivity index (χ2v) is 3.81. The Morgan fingerprint density at radius 2 is 1.56 bits per heavy atom. The number of ether oxygens (including phenoxy) is 2. The normalized spacial score (nSPS) is 9.75. The molecule has 0 atom stereocenters. The van der Waals surface area contributed by atoms with Crippen LogP contribution < -0.4 is 15.2 Å². The van der Waals surface area contributed by atoms with Gasteiger partial charge in [0.15, 0.2) is 0 Å². The monoisotopic (exact) mass is 245 g/mol. The fourth-order valence-corrected chi connectivity index (χ4v) is 1.07. The Morgan fingerprint density at radius 3 is 2.00 bits per heavy atom. The summed E-state index contributed by atoms with van der Waals surface area (Å²) in [7, 11) is 0. The SMILES string of the molecule is CC(C)COc1ccc(OCCN)cc1.Cl. The Morgan fingerprint density at radius 1 is 1.06 bits per heavy atom. The highest BCUT2D eigenvalue weighted by Crippen LogP contribution is 2.17. The molecule has 16 heavy (non-hydrogen) atoms. The van der Waals surface area contributed by atoms with Crippen molar-refractivity contribution in [3.8, 4) is 11.5 Å². The topological polar surface area (TPSA) is 44.5 Å². The second-order valence-electron chi connectivity index (χ2n) is 3.81. The number of hydrogen-bond donors (Lipinski definition) is 1. The van der Waals surface area contributed by atoms with Gasteiger partial charge in [-0.05, 0) is 30.2 Å². The van der Waals surface area contributed by atoms with Gasteiger partial charge in [-0.15, -0.1) is 12.4 Å². The molecule has 0 heterocycles. The van der Waals surface area contributed by atoms with E-state index in [4.69, 9.17) is 15.2 Å². The second kappa shape index (κ2) is 8.25. The third kappa shape index (κ3) is 5.83. The standard InChI is InChI=1S/C12H19NO2.ClH/c1-10(2)9-15-12-5-3-11(4-6-12)14-8-7-13;/h3-6,10H,7-9,13H2,1-2H3;1H. The highest BCUT2D eigenvalue weighted by molar-refractivity contribution is 5.85. The Kier molecular flexibility index (Phi) is 7.77. The molecule has 0 radical (unpaired) electrons. The van der Waals surface area contributed by atoms with Crippen molar-refractivity contribution in [3.05, 3.63) is 24.3 Å². The molecular weight excluding hydrogens is 226 g/mol. The molecule has 0 aliphatic rings. The molecule has 0 saturated carbocycles. The van der Waals surface area contributed by atoms with E-state index < -0.39 is 0 Å². The Labute approximate surface area is 103 Å². The first kappa shape index (κ1) is 15.1. The number of benzene rings is 1. The molecule has 0 bridgehead atoms. The van der Waals surface area contributed by atoms with Gasteiger partial charge >= 0.3 is 0 Å². The van der Waals surface area contributed by atoms with Crippen molar-refractivity contribution in [2.75, 3.05) is 19.8 Å². The van der Waals surface area contributed by atoms with Crippen LogP contribution in [0.2, 0.25) is 0 Å². The summed E-state index contributed by atoms with van der Waals surface area (Å²) in [4.78, 5) is 0. The Balaban J connectivity index is 0.00000225. The van der Waals surface area contributed by atoms with Crippen molar-refractivity contribution in [3.63, 3.8) is 0 Å². The predicted molar refractivity (Wildman–Crippen MR) is 68.6 cm³/mol. The fraction of sp³-hybridized carbons (Fsp3) is 0.500. The summed E-state index contributed by atoms with van der Waals surface area (Å²) in [6.07, 6.45) is 0. The van der Waals surface area contributed by atoms with Crippen LogP contribution in [0, 0.1) is 5.92 Å². The Hall–Kier alpha value is -0.930. The van der Waals surface area contributed by atoms with Gasteiger partial charge in [-0.25, -0.2) is 0 Å². The minimum absolute atomic E-state index is 0. The third-order valence-corrected chi connectivity index (χ3v) is 1.79. The largest absolute Gasteiger partial charge is 0.493 e. The fourth-order valence-electron chi connectivity index (χ4n) is 1.07. The maximum atomic E-state index is 5.55. The summed E-state index contributed by atoms with van der Waals surface area (Å²) < 4.78 is 10.9. The first-order valence-corrected chi connectivity index (χ1v) is 5.28. The van der Waals surface area contributed by atoms with Gasteiger partial charge in [-0.1, -0.05) is 13.8 Å². The molecule has 4 heteroatoms. The molecule has 0 spiro atoms.